The summed E-state index contributed by atoms with van der Waals surface area (Å²) in [6.07, 6.45) is 2.52. The molecule has 2 saturated heterocycles. The van der Waals surface area contributed by atoms with E-state index in [1.54, 1.807) is 15.5 Å². The number of nitrogens with zero attached hydrogens (tertiary/aromatic N) is 5. The van der Waals surface area contributed by atoms with E-state index in [0.29, 0.717) is 62.3 Å². The molecule has 6 rings (SSSR count). The number of hydrogen-bond donors (Lipinski definition) is 0. The van der Waals surface area contributed by atoms with Gasteiger partial charge in [0.2, 0.25) is 5.91 Å². The second kappa shape index (κ2) is 12.6. The van der Waals surface area contributed by atoms with Crippen molar-refractivity contribution in [1.82, 2.24) is 19.4 Å². The van der Waals surface area contributed by atoms with Crippen LogP contribution in [0, 0.1) is 11.6 Å². The van der Waals surface area contributed by atoms with Gasteiger partial charge in [0.15, 0.2) is 15.6 Å². The SMILES string of the molecule is C=CC(=O)N1C[C@H](C)N(c2nc(=O)n3c4c(c(-c5ccc(F)cc5F)c(Cl)cc24)OC[C@@H]3CCCN2CCS(=O)(=O)CC2)C[C@H]1C. The van der Waals surface area contributed by atoms with Crippen LogP contribution in [-0.4, -0.2) is 96.6 Å². The van der Waals surface area contributed by atoms with Crippen molar-refractivity contribution >= 4 is 44.1 Å². The van der Waals surface area contributed by atoms with Crippen LogP contribution in [0.5, 0.6) is 5.75 Å². The van der Waals surface area contributed by atoms with Gasteiger partial charge in [-0.3, -0.25) is 9.36 Å². The van der Waals surface area contributed by atoms with Crippen LogP contribution in [0.25, 0.3) is 22.0 Å². The summed E-state index contributed by atoms with van der Waals surface area (Å²) < 4.78 is 60.6. The highest BCUT2D eigenvalue weighted by molar-refractivity contribution is 7.91. The molecule has 3 aliphatic heterocycles. The van der Waals surface area contributed by atoms with Crippen molar-refractivity contribution in [2.45, 2.75) is 44.8 Å². The fourth-order valence-corrected chi connectivity index (χ4v) is 8.38. The fraction of sp³-hybridized carbons (Fsp3) is 0.469. The van der Waals surface area contributed by atoms with E-state index in [9.17, 15) is 22.4 Å². The summed E-state index contributed by atoms with van der Waals surface area (Å²) >= 11 is 6.85. The number of sulfone groups is 1. The Kier molecular flexibility index (Phi) is 8.85. The van der Waals surface area contributed by atoms with Crippen LogP contribution in [0.4, 0.5) is 14.6 Å². The van der Waals surface area contributed by atoms with Crippen LogP contribution in [0.3, 0.4) is 0 Å². The first-order valence-electron chi connectivity index (χ1n) is 15.4. The molecule has 3 atom stereocenters. The van der Waals surface area contributed by atoms with Gasteiger partial charge in [0, 0.05) is 60.8 Å². The molecular weight excluding hydrogens is 640 g/mol. The number of piperazine rings is 1. The third-order valence-corrected chi connectivity index (χ3v) is 11.2. The summed E-state index contributed by atoms with van der Waals surface area (Å²) in [5, 5.41) is 0.695. The van der Waals surface area contributed by atoms with Crippen LogP contribution in [0.1, 0.15) is 32.7 Å². The maximum atomic E-state index is 15.2. The normalized spacial score (nSPS) is 22.9. The maximum Gasteiger partial charge on any atom is 0.350 e. The Labute approximate surface area is 271 Å². The Morgan fingerprint density at radius 1 is 1.15 bits per heavy atom. The highest BCUT2D eigenvalue weighted by atomic mass is 35.5. The zero-order valence-corrected chi connectivity index (χ0v) is 27.3. The van der Waals surface area contributed by atoms with Gasteiger partial charge >= 0.3 is 5.69 Å². The van der Waals surface area contributed by atoms with E-state index in [-0.39, 0.29) is 58.0 Å². The molecule has 246 valence electrons. The molecule has 3 aliphatic rings. The number of halogens is 3. The zero-order chi connectivity index (χ0) is 32.9. The third kappa shape index (κ3) is 6.00. The molecule has 0 unspecified atom stereocenters. The molecule has 3 aromatic rings. The minimum absolute atomic E-state index is 0.0395. The molecule has 0 radical (unpaired) electrons. The molecule has 4 heterocycles. The van der Waals surface area contributed by atoms with Crippen molar-refractivity contribution in [3.63, 3.8) is 0 Å². The average Bonchev–Trinajstić information content (AvgIpc) is 3.01. The lowest BCUT2D eigenvalue weighted by atomic mass is 9.98. The lowest BCUT2D eigenvalue weighted by molar-refractivity contribution is -0.128. The second-order valence-electron chi connectivity index (χ2n) is 12.3. The van der Waals surface area contributed by atoms with Gasteiger partial charge in [-0.1, -0.05) is 18.2 Å². The Morgan fingerprint density at radius 2 is 1.89 bits per heavy atom. The predicted molar refractivity (Wildman–Crippen MR) is 173 cm³/mol. The molecule has 14 heteroatoms. The van der Waals surface area contributed by atoms with Gasteiger partial charge in [-0.15, -0.1) is 0 Å². The molecule has 1 amide bonds. The summed E-state index contributed by atoms with van der Waals surface area (Å²) in [6.45, 7) is 9.95. The number of hydrogen-bond acceptors (Lipinski definition) is 8. The summed E-state index contributed by atoms with van der Waals surface area (Å²) in [7, 11) is -2.99. The molecule has 0 bridgehead atoms. The smallest absolute Gasteiger partial charge is 0.350 e. The van der Waals surface area contributed by atoms with Crippen molar-refractivity contribution in [2.75, 3.05) is 55.7 Å². The van der Waals surface area contributed by atoms with Crippen molar-refractivity contribution in [1.29, 1.82) is 0 Å². The van der Waals surface area contributed by atoms with E-state index in [1.165, 1.54) is 12.1 Å². The molecule has 1 aromatic heterocycles. The maximum absolute atomic E-state index is 15.2. The summed E-state index contributed by atoms with van der Waals surface area (Å²) in [5.74, 6) is -0.869. The number of benzene rings is 2. The highest BCUT2D eigenvalue weighted by Crippen LogP contribution is 2.47. The molecule has 2 aromatic carbocycles. The first-order chi connectivity index (χ1) is 21.9. The van der Waals surface area contributed by atoms with E-state index < -0.39 is 33.2 Å². The Morgan fingerprint density at radius 3 is 2.59 bits per heavy atom. The minimum atomic E-state index is -2.99. The lowest BCUT2D eigenvalue weighted by Crippen LogP contribution is -2.58. The van der Waals surface area contributed by atoms with Crippen molar-refractivity contribution in [3.05, 3.63) is 64.1 Å². The number of rotatable bonds is 7. The summed E-state index contributed by atoms with van der Waals surface area (Å²) in [6, 6.07) is 4.05. The number of amides is 1. The van der Waals surface area contributed by atoms with Crippen LogP contribution in [-0.2, 0) is 14.6 Å². The van der Waals surface area contributed by atoms with E-state index in [1.807, 2.05) is 18.7 Å². The second-order valence-corrected chi connectivity index (χ2v) is 15.0. The monoisotopic (exact) mass is 675 g/mol. The van der Waals surface area contributed by atoms with Gasteiger partial charge in [0.1, 0.15) is 24.1 Å². The highest BCUT2D eigenvalue weighted by Gasteiger charge is 2.36. The number of anilines is 1. The van der Waals surface area contributed by atoms with E-state index in [0.717, 1.165) is 12.1 Å². The Balaban J connectivity index is 1.43. The first kappa shape index (κ1) is 32.4. The van der Waals surface area contributed by atoms with Crippen LogP contribution in [0.15, 0.2) is 41.7 Å². The van der Waals surface area contributed by atoms with Gasteiger partial charge < -0.3 is 19.4 Å². The van der Waals surface area contributed by atoms with E-state index >= 15 is 4.39 Å². The van der Waals surface area contributed by atoms with Gasteiger partial charge in [-0.05, 0) is 57.5 Å². The third-order valence-electron chi connectivity index (χ3n) is 9.25. The van der Waals surface area contributed by atoms with Gasteiger partial charge in [-0.2, -0.15) is 4.98 Å². The number of ether oxygens (including phenoxy) is 1. The average molecular weight is 676 g/mol. The largest absolute Gasteiger partial charge is 0.488 e. The number of carbonyl (C=O) groups is 1. The molecule has 0 saturated carbocycles. The summed E-state index contributed by atoms with van der Waals surface area (Å²) in [4.78, 5) is 36.8. The van der Waals surface area contributed by atoms with Crippen LogP contribution >= 0.6 is 11.6 Å². The van der Waals surface area contributed by atoms with Gasteiger partial charge in [-0.25, -0.2) is 22.0 Å². The Bertz CT molecular complexity index is 1870. The molecule has 0 spiro atoms. The van der Waals surface area contributed by atoms with E-state index in [4.69, 9.17) is 16.3 Å². The van der Waals surface area contributed by atoms with Gasteiger partial charge in [0.05, 0.1) is 28.1 Å². The molecular formula is C32H36ClF2N5O5S. The van der Waals surface area contributed by atoms with Crippen LogP contribution < -0.4 is 15.3 Å². The van der Waals surface area contributed by atoms with Crippen LogP contribution in [0.2, 0.25) is 5.02 Å². The Hall–Kier alpha value is -3.55. The van der Waals surface area contributed by atoms with E-state index in [2.05, 4.69) is 16.5 Å². The number of aromatic nitrogens is 2. The predicted octanol–water partition coefficient (Wildman–Crippen LogP) is 4.05. The topological polar surface area (TPSA) is 105 Å². The molecule has 0 aliphatic carbocycles. The standard InChI is InChI=1S/C32H36ClF2N5O5S/c1-4-27(41)38-16-20(3)39(17-19(38)2)31-24-15-25(33)28(23-8-7-21(34)14-26(23)35)30-29(24)40(32(42)36-31)22(18-45-30)6-5-9-37-10-12-46(43,44)13-11-37/h4,7-8,14-15,19-20,22H,1,5-6,9-13,16-18H2,2-3H3/t19-,20+,22+/m1/s1. The minimum Gasteiger partial charge on any atom is -0.488 e. The number of carbonyl (C=O) groups excluding carboxylic acids is 1. The summed E-state index contributed by atoms with van der Waals surface area (Å²) in [5.41, 5.74) is 0.173. The van der Waals surface area contributed by atoms with Crippen molar-refractivity contribution < 1.29 is 26.7 Å². The lowest BCUT2D eigenvalue weighted by Gasteiger charge is -2.45. The van der Waals surface area contributed by atoms with Crippen molar-refractivity contribution in [3.8, 4) is 16.9 Å². The fourth-order valence-electron chi connectivity index (χ4n) is 6.80. The molecule has 0 N–H and O–H groups in total. The molecule has 2 fully saturated rings. The first-order valence-corrected chi connectivity index (χ1v) is 17.6. The molecule has 10 nitrogen and oxygen atoms in total. The van der Waals surface area contributed by atoms with Gasteiger partial charge in [0.25, 0.3) is 0 Å². The molecule has 46 heavy (non-hydrogen) atoms. The zero-order valence-electron chi connectivity index (χ0n) is 25.7. The quantitative estimate of drug-likeness (QED) is 0.346. The van der Waals surface area contributed by atoms with Crippen molar-refractivity contribution in [2.24, 2.45) is 0 Å².